The summed E-state index contributed by atoms with van der Waals surface area (Å²) in [6, 6.07) is 16.4. The Morgan fingerprint density at radius 2 is 1.95 bits per heavy atom. The first-order valence-electron chi connectivity index (χ1n) is 7.46. The Kier molecular flexibility index (Phi) is 4.26. The minimum absolute atomic E-state index is 0.784. The summed E-state index contributed by atoms with van der Waals surface area (Å²) < 4.78 is 2.32. The van der Waals surface area contributed by atoms with Crippen LogP contribution in [0.25, 0.3) is 11.0 Å². The average Bonchev–Trinajstić information content (AvgIpc) is 2.83. The molecule has 0 spiro atoms. The average molecular weight is 299 g/mol. The molecule has 0 radical (unpaired) electrons. The first-order valence-corrected chi connectivity index (χ1v) is 7.84. The minimum Gasteiger partial charge on any atom is -0.323 e. The Morgan fingerprint density at radius 1 is 1.10 bits per heavy atom. The molecule has 1 heterocycles. The predicted molar refractivity (Wildman–Crippen MR) is 88.9 cm³/mol. The predicted octanol–water partition coefficient (Wildman–Crippen LogP) is 5.08. The van der Waals surface area contributed by atoms with Crippen molar-refractivity contribution in [1.82, 2.24) is 9.55 Å². The van der Waals surface area contributed by atoms with Crippen LogP contribution in [-0.2, 0) is 13.0 Å². The molecule has 1 aromatic heterocycles. The molecule has 0 bridgehead atoms. The number of halogens is 1. The lowest BCUT2D eigenvalue weighted by molar-refractivity contribution is 0.690. The highest BCUT2D eigenvalue weighted by Crippen LogP contribution is 2.20. The van der Waals surface area contributed by atoms with Gasteiger partial charge >= 0.3 is 0 Å². The highest BCUT2D eigenvalue weighted by Gasteiger charge is 2.10. The number of nitrogens with zero attached hydrogens (tertiary/aromatic N) is 2. The van der Waals surface area contributed by atoms with Crippen LogP contribution < -0.4 is 0 Å². The maximum Gasteiger partial charge on any atom is 0.110 e. The largest absolute Gasteiger partial charge is 0.323 e. The van der Waals surface area contributed by atoms with E-state index in [9.17, 15) is 0 Å². The molecular formula is C18H19ClN2. The summed E-state index contributed by atoms with van der Waals surface area (Å²) >= 11 is 6.10. The van der Waals surface area contributed by atoms with Gasteiger partial charge in [0, 0.05) is 18.0 Å². The first kappa shape index (κ1) is 14.2. The standard InChI is InChI=1S/C18H19ClN2/c1-2-3-11-18-20-16-9-4-5-10-17(16)21(18)13-14-7-6-8-15(19)12-14/h4-10,12H,2-3,11,13H2,1H3. The van der Waals surface area contributed by atoms with Crippen LogP contribution in [0.1, 0.15) is 31.2 Å². The molecule has 21 heavy (non-hydrogen) atoms. The fourth-order valence-electron chi connectivity index (χ4n) is 2.65. The molecule has 0 saturated heterocycles. The maximum absolute atomic E-state index is 6.10. The SMILES string of the molecule is CCCCc1nc2ccccc2n1Cc1cccc(Cl)c1. The summed E-state index contributed by atoms with van der Waals surface area (Å²) in [4.78, 5) is 4.80. The van der Waals surface area contributed by atoms with Crippen LogP contribution in [0.4, 0.5) is 0 Å². The molecule has 0 unspecified atom stereocenters. The summed E-state index contributed by atoms with van der Waals surface area (Å²) in [5.74, 6) is 1.16. The summed E-state index contributed by atoms with van der Waals surface area (Å²) in [6.45, 7) is 3.03. The molecule has 2 nitrogen and oxygen atoms in total. The molecule has 3 heteroatoms. The van der Waals surface area contributed by atoms with E-state index in [4.69, 9.17) is 16.6 Å². The zero-order chi connectivity index (χ0) is 14.7. The third-order valence-corrected chi connectivity index (χ3v) is 3.95. The van der Waals surface area contributed by atoms with E-state index in [1.54, 1.807) is 0 Å². The van der Waals surface area contributed by atoms with Crippen molar-refractivity contribution in [3.8, 4) is 0 Å². The molecule has 3 aromatic rings. The normalized spacial score (nSPS) is 11.1. The van der Waals surface area contributed by atoms with Crippen molar-refractivity contribution >= 4 is 22.6 Å². The molecule has 0 amide bonds. The molecule has 3 rings (SSSR count). The van der Waals surface area contributed by atoms with Crippen molar-refractivity contribution in [2.75, 3.05) is 0 Å². The van der Waals surface area contributed by atoms with Crippen molar-refractivity contribution in [2.45, 2.75) is 32.7 Å². The van der Waals surface area contributed by atoms with Crippen LogP contribution in [-0.4, -0.2) is 9.55 Å². The van der Waals surface area contributed by atoms with Crippen LogP contribution in [0.15, 0.2) is 48.5 Å². The molecule has 108 valence electrons. The quantitative estimate of drug-likeness (QED) is 0.642. The van der Waals surface area contributed by atoms with Gasteiger partial charge in [0.05, 0.1) is 11.0 Å². The van der Waals surface area contributed by atoms with Crippen molar-refractivity contribution in [3.05, 3.63) is 64.9 Å². The zero-order valence-electron chi connectivity index (χ0n) is 12.2. The molecule has 0 atom stereocenters. The Morgan fingerprint density at radius 3 is 2.76 bits per heavy atom. The van der Waals surface area contributed by atoms with Gasteiger partial charge in [0.1, 0.15) is 5.82 Å². The molecular weight excluding hydrogens is 280 g/mol. The Hall–Kier alpha value is -1.80. The molecule has 0 fully saturated rings. The highest BCUT2D eigenvalue weighted by molar-refractivity contribution is 6.30. The number of hydrogen-bond donors (Lipinski definition) is 0. The lowest BCUT2D eigenvalue weighted by Crippen LogP contribution is -2.05. The van der Waals surface area contributed by atoms with Crippen LogP contribution >= 0.6 is 11.6 Å². The van der Waals surface area contributed by atoms with Gasteiger partial charge in [-0.1, -0.05) is 49.2 Å². The monoisotopic (exact) mass is 298 g/mol. The van der Waals surface area contributed by atoms with E-state index < -0.39 is 0 Å². The molecule has 0 aliphatic carbocycles. The second-order valence-electron chi connectivity index (χ2n) is 5.34. The van der Waals surface area contributed by atoms with Gasteiger partial charge in [0.15, 0.2) is 0 Å². The second-order valence-corrected chi connectivity index (χ2v) is 5.77. The molecule has 2 aromatic carbocycles. The van der Waals surface area contributed by atoms with E-state index in [0.717, 1.165) is 29.3 Å². The van der Waals surface area contributed by atoms with Crippen LogP contribution in [0.3, 0.4) is 0 Å². The highest BCUT2D eigenvalue weighted by atomic mass is 35.5. The van der Waals surface area contributed by atoms with Crippen molar-refractivity contribution in [3.63, 3.8) is 0 Å². The number of imidazole rings is 1. The van der Waals surface area contributed by atoms with Gasteiger partial charge in [-0.3, -0.25) is 0 Å². The number of unbranched alkanes of at least 4 members (excludes halogenated alkanes) is 1. The van der Waals surface area contributed by atoms with Crippen molar-refractivity contribution in [1.29, 1.82) is 0 Å². The summed E-state index contributed by atoms with van der Waals surface area (Å²) in [7, 11) is 0. The van der Waals surface area contributed by atoms with Gasteiger partial charge in [0.2, 0.25) is 0 Å². The number of para-hydroxylation sites is 2. The van der Waals surface area contributed by atoms with E-state index in [1.807, 2.05) is 24.3 Å². The first-order chi connectivity index (χ1) is 10.3. The smallest absolute Gasteiger partial charge is 0.110 e. The molecule has 0 saturated carbocycles. The topological polar surface area (TPSA) is 17.8 Å². The molecule has 0 aliphatic heterocycles. The fraction of sp³-hybridized carbons (Fsp3) is 0.278. The van der Waals surface area contributed by atoms with E-state index in [1.165, 1.54) is 23.9 Å². The Bertz CT molecular complexity index is 746. The summed E-state index contributed by atoms with van der Waals surface area (Å²) in [5.41, 5.74) is 3.48. The number of aryl methyl sites for hydroxylation is 1. The van der Waals surface area contributed by atoms with Crippen LogP contribution in [0.5, 0.6) is 0 Å². The van der Waals surface area contributed by atoms with Gasteiger partial charge in [-0.15, -0.1) is 0 Å². The van der Waals surface area contributed by atoms with E-state index in [-0.39, 0.29) is 0 Å². The number of hydrogen-bond acceptors (Lipinski definition) is 1. The van der Waals surface area contributed by atoms with Crippen molar-refractivity contribution < 1.29 is 0 Å². The third kappa shape index (κ3) is 3.11. The van der Waals surface area contributed by atoms with Gasteiger partial charge in [0.25, 0.3) is 0 Å². The Labute approximate surface area is 130 Å². The van der Waals surface area contributed by atoms with E-state index in [2.05, 4.69) is 35.8 Å². The maximum atomic E-state index is 6.10. The van der Waals surface area contributed by atoms with Gasteiger partial charge in [-0.25, -0.2) is 4.98 Å². The fourth-order valence-corrected chi connectivity index (χ4v) is 2.86. The molecule has 0 N–H and O–H groups in total. The summed E-state index contributed by atoms with van der Waals surface area (Å²) in [5, 5.41) is 0.784. The van der Waals surface area contributed by atoms with Gasteiger partial charge in [-0.2, -0.15) is 0 Å². The van der Waals surface area contributed by atoms with Gasteiger partial charge < -0.3 is 4.57 Å². The van der Waals surface area contributed by atoms with Crippen LogP contribution in [0.2, 0.25) is 5.02 Å². The molecule has 0 aliphatic rings. The Balaban J connectivity index is 2.02. The number of benzene rings is 2. The number of aromatic nitrogens is 2. The number of rotatable bonds is 5. The minimum atomic E-state index is 0.784. The number of fused-ring (bicyclic) bond motifs is 1. The zero-order valence-corrected chi connectivity index (χ0v) is 13.0. The van der Waals surface area contributed by atoms with E-state index >= 15 is 0 Å². The third-order valence-electron chi connectivity index (χ3n) is 3.72. The van der Waals surface area contributed by atoms with Crippen LogP contribution in [0, 0.1) is 0 Å². The summed E-state index contributed by atoms with van der Waals surface area (Å²) in [6.07, 6.45) is 3.37. The second kappa shape index (κ2) is 6.31. The van der Waals surface area contributed by atoms with Gasteiger partial charge in [-0.05, 0) is 36.2 Å². The van der Waals surface area contributed by atoms with E-state index in [0.29, 0.717) is 0 Å². The lowest BCUT2D eigenvalue weighted by Gasteiger charge is -2.09. The lowest BCUT2D eigenvalue weighted by atomic mass is 10.2. The van der Waals surface area contributed by atoms with Crippen molar-refractivity contribution in [2.24, 2.45) is 0 Å².